The standard InChI is InChI=1S/C18H24BrN5O.HI/c1-12-13(2)25-17(22-12)10-21-18(20-3)23-15-8-9-24(11-15)16-6-4-14(19)5-7-16;/h4-7,15H,8-11H2,1-3H3,(H2,20,21,23);1H. The maximum absolute atomic E-state index is 5.60. The van der Waals surface area contributed by atoms with Gasteiger partial charge in [0.05, 0.1) is 12.2 Å². The number of anilines is 1. The summed E-state index contributed by atoms with van der Waals surface area (Å²) in [6, 6.07) is 8.82. The summed E-state index contributed by atoms with van der Waals surface area (Å²) >= 11 is 3.48. The van der Waals surface area contributed by atoms with E-state index in [1.54, 1.807) is 7.05 Å². The van der Waals surface area contributed by atoms with Crippen LogP contribution >= 0.6 is 39.9 Å². The average molecular weight is 534 g/mol. The summed E-state index contributed by atoms with van der Waals surface area (Å²) in [6.07, 6.45) is 1.08. The highest BCUT2D eigenvalue weighted by atomic mass is 127. The summed E-state index contributed by atoms with van der Waals surface area (Å²) in [5, 5.41) is 6.76. The fraction of sp³-hybridized carbons (Fsp3) is 0.444. The molecule has 1 saturated heterocycles. The van der Waals surface area contributed by atoms with Crippen molar-refractivity contribution in [2.45, 2.75) is 32.9 Å². The van der Waals surface area contributed by atoms with Gasteiger partial charge in [0.15, 0.2) is 5.96 Å². The highest BCUT2D eigenvalue weighted by molar-refractivity contribution is 14.0. The monoisotopic (exact) mass is 533 g/mol. The zero-order valence-electron chi connectivity index (χ0n) is 15.3. The molecule has 8 heteroatoms. The van der Waals surface area contributed by atoms with Gasteiger partial charge in [-0.1, -0.05) is 15.9 Å². The average Bonchev–Trinajstić information content (AvgIpc) is 3.19. The Morgan fingerprint density at radius 3 is 2.69 bits per heavy atom. The Hall–Kier alpha value is -1.29. The molecule has 2 aromatic rings. The van der Waals surface area contributed by atoms with Gasteiger partial charge in [-0.2, -0.15) is 0 Å². The summed E-state index contributed by atoms with van der Waals surface area (Å²) in [6.45, 7) is 6.39. The molecule has 1 aromatic carbocycles. The predicted molar refractivity (Wildman–Crippen MR) is 119 cm³/mol. The van der Waals surface area contributed by atoms with Gasteiger partial charge in [0.1, 0.15) is 5.76 Å². The first-order valence-corrected chi connectivity index (χ1v) is 9.25. The number of halogens is 2. The zero-order valence-corrected chi connectivity index (χ0v) is 19.2. The maximum atomic E-state index is 5.60. The lowest BCUT2D eigenvalue weighted by Gasteiger charge is -2.20. The van der Waals surface area contributed by atoms with Gasteiger partial charge in [-0.05, 0) is 44.5 Å². The minimum absolute atomic E-state index is 0. The second-order valence-corrected chi connectivity index (χ2v) is 7.14. The third-order valence-electron chi connectivity index (χ3n) is 4.42. The van der Waals surface area contributed by atoms with Crippen molar-refractivity contribution in [3.05, 3.63) is 46.1 Å². The van der Waals surface area contributed by atoms with Crippen LogP contribution in [0, 0.1) is 13.8 Å². The molecule has 2 heterocycles. The number of aliphatic imine (C=N–C) groups is 1. The highest BCUT2D eigenvalue weighted by Crippen LogP contribution is 2.22. The molecule has 142 valence electrons. The first-order valence-electron chi connectivity index (χ1n) is 8.45. The van der Waals surface area contributed by atoms with Gasteiger partial charge in [-0.25, -0.2) is 4.98 Å². The van der Waals surface area contributed by atoms with Crippen LogP contribution in [0.2, 0.25) is 0 Å². The van der Waals surface area contributed by atoms with Crippen molar-refractivity contribution in [1.29, 1.82) is 0 Å². The van der Waals surface area contributed by atoms with Crippen molar-refractivity contribution in [2.75, 3.05) is 25.0 Å². The lowest BCUT2D eigenvalue weighted by atomic mass is 10.3. The number of nitrogens with zero attached hydrogens (tertiary/aromatic N) is 3. The first kappa shape index (κ1) is 21.0. The quantitative estimate of drug-likeness (QED) is 0.357. The van der Waals surface area contributed by atoms with Crippen molar-refractivity contribution in [3.63, 3.8) is 0 Å². The van der Waals surface area contributed by atoms with E-state index in [0.717, 1.165) is 41.4 Å². The Morgan fingerprint density at radius 2 is 2.08 bits per heavy atom. The SMILES string of the molecule is CN=C(NCc1nc(C)c(C)o1)NC1CCN(c2ccc(Br)cc2)C1.I. The van der Waals surface area contributed by atoms with E-state index >= 15 is 0 Å². The van der Waals surface area contributed by atoms with Crippen molar-refractivity contribution < 1.29 is 4.42 Å². The van der Waals surface area contributed by atoms with Gasteiger partial charge in [0.25, 0.3) is 0 Å². The van der Waals surface area contributed by atoms with E-state index in [1.807, 2.05) is 13.8 Å². The number of aryl methyl sites for hydroxylation is 2. The number of oxazole rings is 1. The van der Waals surface area contributed by atoms with E-state index in [0.29, 0.717) is 18.5 Å². The molecule has 0 saturated carbocycles. The minimum atomic E-state index is 0. The Morgan fingerprint density at radius 1 is 1.35 bits per heavy atom. The molecule has 1 aliphatic heterocycles. The molecule has 6 nitrogen and oxygen atoms in total. The number of hydrogen-bond donors (Lipinski definition) is 2. The van der Waals surface area contributed by atoms with Crippen molar-refractivity contribution >= 4 is 51.6 Å². The molecule has 0 radical (unpaired) electrons. The number of hydrogen-bond acceptors (Lipinski definition) is 4. The molecule has 1 aliphatic rings. The number of rotatable bonds is 4. The van der Waals surface area contributed by atoms with Crippen molar-refractivity contribution in [1.82, 2.24) is 15.6 Å². The summed E-state index contributed by atoms with van der Waals surface area (Å²) in [4.78, 5) is 11.1. The van der Waals surface area contributed by atoms with Crippen molar-refractivity contribution in [3.8, 4) is 0 Å². The summed E-state index contributed by atoms with van der Waals surface area (Å²) in [7, 11) is 1.78. The van der Waals surface area contributed by atoms with Crippen LogP contribution in [0.1, 0.15) is 23.8 Å². The highest BCUT2D eigenvalue weighted by Gasteiger charge is 2.23. The van der Waals surface area contributed by atoms with Gasteiger partial charge < -0.3 is 20.0 Å². The number of benzene rings is 1. The summed E-state index contributed by atoms with van der Waals surface area (Å²) < 4.78 is 6.70. The van der Waals surface area contributed by atoms with Crippen LogP contribution in [0.5, 0.6) is 0 Å². The smallest absolute Gasteiger partial charge is 0.214 e. The second-order valence-electron chi connectivity index (χ2n) is 6.23. The van der Waals surface area contributed by atoms with E-state index in [1.165, 1.54) is 5.69 Å². The fourth-order valence-electron chi connectivity index (χ4n) is 2.93. The number of nitrogens with one attached hydrogen (secondary N) is 2. The first-order chi connectivity index (χ1) is 12.0. The third kappa shape index (κ3) is 5.35. The molecule has 0 spiro atoms. The molecule has 0 bridgehead atoms. The number of aromatic nitrogens is 1. The Bertz CT molecular complexity index is 727. The third-order valence-corrected chi connectivity index (χ3v) is 4.95. The summed E-state index contributed by atoms with van der Waals surface area (Å²) in [5.41, 5.74) is 2.18. The molecular weight excluding hydrogens is 509 g/mol. The molecular formula is C18H25BrIN5O. The van der Waals surface area contributed by atoms with Crippen molar-refractivity contribution in [2.24, 2.45) is 4.99 Å². The van der Waals surface area contributed by atoms with Crippen LogP contribution < -0.4 is 15.5 Å². The van der Waals surface area contributed by atoms with Crippen LogP contribution in [0.15, 0.2) is 38.1 Å². The minimum Gasteiger partial charge on any atom is -0.444 e. The van der Waals surface area contributed by atoms with Crippen LogP contribution in [0.25, 0.3) is 0 Å². The molecule has 1 unspecified atom stereocenters. The van der Waals surface area contributed by atoms with Crippen LogP contribution in [0.4, 0.5) is 5.69 Å². The van der Waals surface area contributed by atoms with E-state index in [4.69, 9.17) is 4.42 Å². The van der Waals surface area contributed by atoms with Gasteiger partial charge >= 0.3 is 0 Å². The lowest BCUT2D eigenvalue weighted by molar-refractivity contribution is 0.463. The summed E-state index contributed by atoms with van der Waals surface area (Å²) in [5.74, 6) is 2.32. The van der Waals surface area contributed by atoms with E-state index in [-0.39, 0.29) is 24.0 Å². The Balaban J connectivity index is 0.00000243. The molecule has 1 fully saturated rings. The van der Waals surface area contributed by atoms with Crippen LogP contribution in [-0.4, -0.2) is 37.1 Å². The lowest BCUT2D eigenvalue weighted by Crippen LogP contribution is -2.44. The number of guanidine groups is 1. The van der Waals surface area contributed by atoms with Gasteiger partial charge in [0.2, 0.25) is 5.89 Å². The van der Waals surface area contributed by atoms with E-state index in [2.05, 4.69) is 65.7 Å². The second kappa shape index (κ2) is 9.59. The van der Waals surface area contributed by atoms with Gasteiger partial charge in [-0.15, -0.1) is 24.0 Å². The normalized spacial score (nSPS) is 17.2. The Labute approximate surface area is 180 Å². The maximum Gasteiger partial charge on any atom is 0.214 e. The zero-order chi connectivity index (χ0) is 17.8. The molecule has 1 aromatic heterocycles. The molecule has 0 amide bonds. The molecule has 26 heavy (non-hydrogen) atoms. The molecule has 0 aliphatic carbocycles. The van der Waals surface area contributed by atoms with Gasteiger partial charge in [-0.3, -0.25) is 4.99 Å². The molecule has 2 N–H and O–H groups in total. The molecule has 1 atom stereocenters. The largest absolute Gasteiger partial charge is 0.444 e. The fourth-order valence-corrected chi connectivity index (χ4v) is 3.19. The van der Waals surface area contributed by atoms with Crippen LogP contribution in [-0.2, 0) is 6.54 Å². The van der Waals surface area contributed by atoms with E-state index < -0.39 is 0 Å². The van der Waals surface area contributed by atoms with E-state index in [9.17, 15) is 0 Å². The Kier molecular flexibility index (Phi) is 7.75. The van der Waals surface area contributed by atoms with Gasteiger partial charge in [0, 0.05) is 36.3 Å². The predicted octanol–water partition coefficient (Wildman–Crippen LogP) is 3.62. The molecule has 3 rings (SSSR count). The van der Waals surface area contributed by atoms with Crippen LogP contribution in [0.3, 0.4) is 0 Å². The topological polar surface area (TPSA) is 65.7 Å².